The van der Waals surface area contributed by atoms with Crippen molar-refractivity contribution in [1.82, 2.24) is 4.90 Å². The van der Waals surface area contributed by atoms with Crippen LogP contribution in [0.4, 0.5) is 0 Å². The Hall–Kier alpha value is -3.30. The van der Waals surface area contributed by atoms with E-state index in [0.717, 1.165) is 5.56 Å². The van der Waals surface area contributed by atoms with E-state index in [1.807, 2.05) is 19.1 Å². The van der Waals surface area contributed by atoms with Crippen molar-refractivity contribution in [3.8, 4) is 11.5 Å². The van der Waals surface area contributed by atoms with Gasteiger partial charge in [-0.25, -0.2) is 0 Å². The van der Waals surface area contributed by atoms with Gasteiger partial charge < -0.3 is 29.7 Å². The number of fused-ring (bicyclic) bond motifs is 8. The van der Waals surface area contributed by atoms with Crippen molar-refractivity contribution >= 4 is 22.3 Å². The quantitative estimate of drug-likeness (QED) is 0.384. The van der Waals surface area contributed by atoms with Gasteiger partial charge in [0.2, 0.25) is 12.1 Å². The third-order valence-corrected chi connectivity index (χ3v) is 7.61. The Morgan fingerprint density at radius 3 is 2.43 bits per heavy atom. The molecule has 1 aliphatic carbocycles. The zero-order valence-electron chi connectivity index (χ0n) is 19.7. The monoisotopic (exact) mass is 475 g/mol. The molecule has 3 aromatic carbocycles. The van der Waals surface area contributed by atoms with Gasteiger partial charge >= 0.3 is 0 Å². The molecule has 8 nitrogen and oxygen atoms in total. The molecule has 0 amide bonds. The number of nitrogens with zero attached hydrogens (tertiary/aromatic N) is 1. The van der Waals surface area contributed by atoms with Crippen LogP contribution >= 0.6 is 0 Å². The second-order valence-corrected chi connectivity index (χ2v) is 10.00. The van der Waals surface area contributed by atoms with E-state index in [1.54, 1.807) is 44.1 Å². The average Bonchev–Trinajstić information content (AvgIpc) is 2.80. The Bertz CT molecular complexity index is 1460. The van der Waals surface area contributed by atoms with Crippen LogP contribution in [0.1, 0.15) is 49.9 Å². The van der Waals surface area contributed by atoms with Gasteiger partial charge in [0.1, 0.15) is 29.3 Å². The topological polar surface area (TPSA) is 117 Å². The number of aryl methyl sites for hydroxylation is 1. The number of rotatable bonds is 1. The van der Waals surface area contributed by atoms with Crippen molar-refractivity contribution in [1.29, 1.82) is 0 Å². The van der Waals surface area contributed by atoms with Crippen LogP contribution in [-0.4, -0.2) is 70.4 Å². The summed E-state index contributed by atoms with van der Waals surface area (Å²) in [6.07, 6.45) is -3.52. The highest BCUT2D eigenvalue weighted by molar-refractivity contribution is 6.32. The molecule has 8 heteroatoms. The third kappa shape index (κ3) is 2.76. The van der Waals surface area contributed by atoms with Crippen LogP contribution in [0.3, 0.4) is 0 Å². The molecule has 3 N–H and O–H groups in total. The van der Waals surface area contributed by atoms with Crippen LogP contribution in [0.25, 0.3) is 10.8 Å². The summed E-state index contributed by atoms with van der Waals surface area (Å²) in [5.74, 6) is -1.13. The minimum Gasteiger partial charge on any atom is -0.507 e. The van der Waals surface area contributed by atoms with Gasteiger partial charge in [0, 0.05) is 22.1 Å². The lowest BCUT2D eigenvalue weighted by Crippen LogP contribution is -2.68. The fourth-order valence-electron chi connectivity index (χ4n) is 5.77. The molecular formula is C27H25NO7. The summed E-state index contributed by atoms with van der Waals surface area (Å²) in [4.78, 5) is 29.1. The second kappa shape index (κ2) is 7.11. The van der Waals surface area contributed by atoms with Crippen LogP contribution in [0, 0.1) is 6.92 Å². The van der Waals surface area contributed by atoms with Gasteiger partial charge in [0.15, 0.2) is 5.78 Å². The molecule has 1 saturated heterocycles. The maximum absolute atomic E-state index is 13.9. The number of carbonyl (C=O) groups excluding carboxylic acids is 2. The summed E-state index contributed by atoms with van der Waals surface area (Å²) in [6, 6.07) is 9.51. The summed E-state index contributed by atoms with van der Waals surface area (Å²) in [7, 11) is 3.48. The van der Waals surface area contributed by atoms with E-state index in [0.29, 0.717) is 16.3 Å². The molecule has 2 aliphatic heterocycles. The summed E-state index contributed by atoms with van der Waals surface area (Å²) >= 11 is 0. The first kappa shape index (κ1) is 22.2. The zero-order chi connectivity index (χ0) is 25.0. The van der Waals surface area contributed by atoms with Crippen LogP contribution in [0.15, 0.2) is 36.4 Å². The zero-order valence-corrected chi connectivity index (χ0v) is 19.7. The smallest absolute Gasteiger partial charge is 0.228 e. The van der Waals surface area contributed by atoms with E-state index in [-0.39, 0.29) is 33.8 Å². The van der Waals surface area contributed by atoms with Crippen molar-refractivity contribution in [2.45, 2.75) is 44.0 Å². The maximum Gasteiger partial charge on any atom is 0.228 e. The second-order valence-electron chi connectivity index (χ2n) is 10.00. The normalized spacial score (nSPS) is 29.0. The van der Waals surface area contributed by atoms with Crippen molar-refractivity contribution < 1.29 is 34.4 Å². The summed E-state index contributed by atoms with van der Waals surface area (Å²) < 4.78 is 12.0. The third-order valence-electron chi connectivity index (χ3n) is 7.61. The minimum absolute atomic E-state index is 0.00369. The molecule has 0 unspecified atom stereocenters. The number of carbonyl (C=O) groups is 2. The van der Waals surface area contributed by atoms with Crippen molar-refractivity contribution in [3.05, 3.63) is 69.8 Å². The molecule has 2 bridgehead atoms. The lowest BCUT2D eigenvalue weighted by atomic mass is 9.75. The molecule has 2 heterocycles. The molecule has 0 aromatic heterocycles. The molecular weight excluding hydrogens is 450 g/mol. The van der Waals surface area contributed by atoms with E-state index >= 15 is 0 Å². The van der Waals surface area contributed by atoms with Crippen molar-refractivity contribution in [2.24, 2.45) is 0 Å². The number of aromatic hydroxyl groups is 1. The fraction of sp³-hybridized carbons (Fsp3) is 0.333. The highest BCUT2D eigenvalue weighted by atomic mass is 16.7. The highest BCUT2D eigenvalue weighted by Crippen LogP contribution is 2.51. The Morgan fingerprint density at radius 1 is 0.971 bits per heavy atom. The summed E-state index contributed by atoms with van der Waals surface area (Å²) in [5.41, 5.74) is 0.262. The lowest BCUT2D eigenvalue weighted by Gasteiger charge is -2.53. The van der Waals surface area contributed by atoms with Gasteiger partial charge in [-0.15, -0.1) is 0 Å². The first-order valence-corrected chi connectivity index (χ1v) is 11.4. The molecule has 1 fully saturated rings. The van der Waals surface area contributed by atoms with Crippen LogP contribution in [-0.2, 0) is 10.3 Å². The molecule has 5 atom stereocenters. The molecule has 0 spiro atoms. The van der Waals surface area contributed by atoms with Crippen molar-refractivity contribution in [3.63, 3.8) is 0 Å². The number of hydrogen-bond acceptors (Lipinski definition) is 8. The minimum atomic E-state index is -1.30. The number of likely N-dealkylation sites (N-methyl/N-ethyl adjacent to an activating group) is 1. The number of ether oxygens (including phenoxy) is 2. The first-order valence-electron chi connectivity index (χ1n) is 11.4. The number of aliphatic hydroxyl groups is 2. The average molecular weight is 475 g/mol. The molecule has 0 saturated carbocycles. The molecule has 6 rings (SSSR count). The number of ketones is 2. The molecule has 35 heavy (non-hydrogen) atoms. The number of hydrogen-bond donors (Lipinski definition) is 3. The SMILES string of the molecule is Cc1ccc2c(O)c3c(cc2c1)C(=O)c1ccc2c(c1C3=O)O[C@H]1O[C@@]2(C)[C@H](O)[C@H](N(C)C)[C@H]1O. The summed E-state index contributed by atoms with van der Waals surface area (Å²) in [6.45, 7) is 3.59. The maximum atomic E-state index is 13.9. The predicted octanol–water partition coefficient (Wildman–Crippen LogP) is 2.25. The first-order chi connectivity index (χ1) is 16.5. The number of phenols is 1. The summed E-state index contributed by atoms with van der Waals surface area (Å²) in [5, 5.41) is 34.3. The van der Waals surface area contributed by atoms with E-state index in [2.05, 4.69) is 0 Å². The highest BCUT2D eigenvalue weighted by Gasteiger charge is 2.58. The van der Waals surface area contributed by atoms with Gasteiger partial charge in [-0.2, -0.15) is 0 Å². The lowest BCUT2D eigenvalue weighted by molar-refractivity contribution is -0.311. The molecule has 3 aromatic rings. The largest absolute Gasteiger partial charge is 0.507 e. The van der Waals surface area contributed by atoms with Crippen LogP contribution in [0.5, 0.6) is 11.5 Å². The standard InChI is InChI=1S/C27H25NO7/c1-11-5-6-13-12(9-11)10-15-17(21(13)30)22(31)18-14(20(15)29)7-8-16-24(18)34-26-23(32)19(28(3)4)25(33)27(16,2)35-26/h5-10,19,23,25-26,30,32-33H,1-4H3/t19-,23-,25-,26+,27-/m1/s1. The van der Waals surface area contributed by atoms with E-state index in [9.17, 15) is 24.9 Å². The van der Waals surface area contributed by atoms with Gasteiger partial charge in [0.05, 0.1) is 17.2 Å². The van der Waals surface area contributed by atoms with E-state index < -0.39 is 41.7 Å². The van der Waals surface area contributed by atoms with Crippen LogP contribution < -0.4 is 4.74 Å². The molecule has 180 valence electrons. The Kier molecular flexibility index (Phi) is 4.51. The van der Waals surface area contributed by atoms with E-state index in [4.69, 9.17) is 9.47 Å². The van der Waals surface area contributed by atoms with Crippen LogP contribution in [0.2, 0.25) is 0 Å². The van der Waals surface area contributed by atoms with Crippen molar-refractivity contribution in [2.75, 3.05) is 14.1 Å². The van der Waals surface area contributed by atoms with E-state index in [1.165, 1.54) is 6.07 Å². The van der Waals surface area contributed by atoms with Gasteiger partial charge in [-0.3, -0.25) is 9.59 Å². The fourth-order valence-corrected chi connectivity index (χ4v) is 5.77. The Labute approximate surface area is 201 Å². The predicted molar refractivity (Wildman–Crippen MR) is 126 cm³/mol. The Balaban J connectivity index is 1.59. The van der Waals surface area contributed by atoms with Gasteiger partial charge in [0.25, 0.3) is 0 Å². The molecule has 3 aliphatic rings. The number of benzene rings is 3. The van der Waals surface area contributed by atoms with Gasteiger partial charge in [-0.1, -0.05) is 29.8 Å². The number of aliphatic hydroxyl groups excluding tert-OH is 2. The van der Waals surface area contributed by atoms with Gasteiger partial charge in [-0.05, 0) is 45.5 Å². The molecule has 0 radical (unpaired) electrons. The Morgan fingerprint density at radius 2 is 1.71 bits per heavy atom. The number of phenolic OH excluding ortho intramolecular Hbond substituents is 1.